The highest BCUT2D eigenvalue weighted by Gasteiger charge is 2.41. The molecule has 11 heteroatoms. The number of hydrogen-bond donors (Lipinski definition) is 2. The molecule has 1 aliphatic heterocycles. The number of carbonyl (C=O) groups is 1. The van der Waals surface area contributed by atoms with Crippen molar-refractivity contribution in [2.45, 2.75) is 39.5 Å². The molecular formula is C21H33F3IN5O2. The van der Waals surface area contributed by atoms with Gasteiger partial charge in [0.2, 0.25) is 0 Å². The second kappa shape index (κ2) is 13.7. The SMILES string of the molecule is CCNC(=O)COc1cccc(CN=C(NCC)N2CCN(C(C)C(F)(F)F)CC2)c1.I. The van der Waals surface area contributed by atoms with Crippen molar-refractivity contribution < 1.29 is 22.7 Å². The van der Waals surface area contributed by atoms with E-state index >= 15 is 0 Å². The summed E-state index contributed by atoms with van der Waals surface area (Å²) in [6.45, 7) is 8.15. The van der Waals surface area contributed by atoms with E-state index in [1.807, 2.05) is 36.9 Å². The maximum atomic E-state index is 13.0. The molecule has 182 valence electrons. The van der Waals surface area contributed by atoms with Crippen LogP contribution in [0.4, 0.5) is 13.2 Å². The number of halogens is 4. The molecule has 0 radical (unpaired) electrons. The van der Waals surface area contributed by atoms with E-state index in [4.69, 9.17) is 4.74 Å². The third-order valence-corrected chi connectivity index (χ3v) is 5.02. The van der Waals surface area contributed by atoms with Gasteiger partial charge in [-0.15, -0.1) is 24.0 Å². The normalized spacial score (nSPS) is 16.2. The van der Waals surface area contributed by atoms with Crippen molar-refractivity contribution in [3.05, 3.63) is 29.8 Å². The minimum atomic E-state index is -4.22. The van der Waals surface area contributed by atoms with Gasteiger partial charge in [0.15, 0.2) is 12.6 Å². The Morgan fingerprint density at radius 3 is 2.41 bits per heavy atom. The number of nitrogens with zero attached hydrogens (tertiary/aromatic N) is 3. The summed E-state index contributed by atoms with van der Waals surface area (Å²) in [5, 5.41) is 5.89. The van der Waals surface area contributed by atoms with Crippen LogP contribution in [0.2, 0.25) is 0 Å². The number of ether oxygens (including phenoxy) is 1. The Balaban J connectivity index is 0.00000512. The topological polar surface area (TPSA) is 69.2 Å². The molecule has 32 heavy (non-hydrogen) atoms. The Morgan fingerprint density at radius 2 is 1.81 bits per heavy atom. The molecule has 1 saturated heterocycles. The summed E-state index contributed by atoms with van der Waals surface area (Å²) < 4.78 is 44.4. The first kappa shape index (κ1) is 28.3. The number of nitrogens with one attached hydrogen (secondary N) is 2. The number of carbonyl (C=O) groups excluding carboxylic acids is 1. The van der Waals surface area contributed by atoms with E-state index in [9.17, 15) is 18.0 Å². The summed E-state index contributed by atoms with van der Waals surface area (Å²) in [7, 11) is 0. The van der Waals surface area contributed by atoms with E-state index in [1.54, 1.807) is 6.07 Å². The van der Waals surface area contributed by atoms with Crippen LogP contribution in [0.3, 0.4) is 0 Å². The highest BCUT2D eigenvalue weighted by atomic mass is 127. The lowest BCUT2D eigenvalue weighted by atomic mass is 10.2. The highest BCUT2D eigenvalue weighted by Crippen LogP contribution is 2.25. The molecule has 1 aromatic rings. The average Bonchev–Trinajstić information content (AvgIpc) is 2.75. The average molecular weight is 571 g/mol. The van der Waals surface area contributed by atoms with Crippen molar-refractivity contribution in [1.29, 1.82) is 0 Å². The van der Waals surface area contributed by atoms with E-state index in [0.717, 1.165) is 5.56 Å². The minimum absolute atomic E-state index is 0. The van der Waals surface area contributed by atoms with Crippen LogP contribution in [0.5, 0.6) is 5.75 Å². The fraction of sp³-hybridized carbons (Fsp3) is 0.619. The number of rotatable bonds is 8. The molecule has 1 amide bonds. The van der Waals surface area contributed by atoms with E-state index in [0.29, 0.717) is 57.5 Å². The van der Waals surface area contributed by atoms with Crippen molar-refractivity contribution in [3.8, 4) is 5.75 Å². The zero-order valence-corrected chi connectivity index (χ0v) is 21.1. The summed E-state index contributed by atoms with van der Waals surface area (Å²) >= 11 is 0. The Kier molecular flexibility index (Phi) is 12.1. The van der Waals surface area contributed by atoms with Gasteiger partial charge in [-0.05, 0) is 38.5 Å². The minimum Gasteiger partial charge on any atom is -0.484 e. The van der Waals surface area contributed by atoms with Crippen molar-refractivity contribution in [2.75, 3.05) is 45.9 Å². The van der Waals surface area contributed by atoms with Gasteiger partial charge in [-0.25, -0.2) is 4.99 Å². The molecule has 7 nitrogen and oxygen atoms in total. The molecule has 1 unspecified atom stereocenters. The second-order valence-electron chi connectivity index (χ2n) is 7.30. The summed E-state index contributed by atoms with van der Waals surface area (Å²) in [6.07, 6.45) is -4.22. The zero-order valence-electron chi connectivity index (χ0n) is 18.7. The number of hydrogen-bond acceptors (Lipinski definition) is 4. The Bertz CT molecular complexity index is 740. The van der Waals surface area contributed by atoms with Crippen LogP contribution in [0.1, 0.15) is 26.3 Å². The van der Waals surface area contributed by atoms with Crippen molar-refractivity contribution >= 4 is 35.8 Å². The fourth-order valence-electron chi connectivity index (χ4n) is 3.25. The third-order valence-electron chi connectivity index (χ3n) is 5.02. The lowest BCUT2D eigenvalue weighted by Crippen LogP contribution is -2.56. The first-order valence-electron chi connectivity index (χ1n) is 10.6. The van der Waals surface area contributed by atoms with E-state index in [1.165, 1.54) is 11.8 Å². The standard InChI is InChI=1S/C21H32F3N5O2.HI/c1-4-25-19(30)15-31-18-8-6-7-17(13-18)14-27-20(26-5-2)29-11-9-28(10-12-29)16(3)21(22,23)24;/h6-8,13,16H,4-5,9-12,14-15H2,1-3H3,(H,25,30)(H,26,27);1H. The Hall–Kier alpha value is -1.76. The number of piperazine rings is 1. The van der Waals surface area contributed by atoms with Crippen LogP contribution in [0.15, 0.2) is 29.3 Å². The number of alkyl halides is 3. The quantitative estimate of drug-likeness (QED) is 0.286. The van der Waals surface area contributed by atoms with Gasteiger partial charge >= 0.3 is 6.18 Å². The maximum absolute atomic E-state index is 13.0. The molecule has 0 aromatic heterocycles. The summed E-state index contributed by atoms with van der Waals surface area (Å²) in [5.41, 5.74) is 0.910. The summed E-state index contributed by atoms with van der Waals surface area (Å²) in [6, 6.07) is 5.90. The maximum Gasteiger partial charge on any atom is 0.403 e. The Morgan fingerprint density at radius 1 is 1.16 bits per heavy atom. The number of benzene rings is 1. The third kappa shape index (κ3) is 9.00. The van der Waals surface area contributed by atoms with Gasteiger partial charge in [0.1, 0.15) is 11.8 Å². The van der Waals surface area contributed by atoms with E-state index < -0.39 is 12.2 Å². The number of aliphatic imine (C=N–C) groups is 1. The molecular weight excluding hydrogens is 538 g/mol. The first-order valence-corrected chi connectivity index (χ1v) is 10.6. The smallest absolute Gasteiger partial charge is 0.403 e. The van der Waals surface area contributed by atoms with Crippen LogP contribution in [0, 0.1) is 0 Å². The van der Waals surface area contributed by atoms with Gasteiger partial charge < -0.3 is 20.3 Å². The second-order valence-corrected chi connectivity index (χ2v) is 7.30. The zero-order chi connectivity index (χ0) is 22.9. The Labute approximate surface area is 204 Å². The van der Waals surface area contributed by atoms with Gasteiger partial charge in [-0.1, -0.05) is 12.1 Å². The van der Waals surface area contributed by atoms with Crippen LogP contribution in [0.25, 0.3) is 0 Å². The largest absolute Gasteiger partial charge is 0.484 e. The van der Waals surface area contributed by atoms with Crippen molar-refractivity contribution in [2.24, 2.45) is 4.99 Å². The predicted molar refractivity (Wildman–Crippen MR) is 130 cm³/mol. The van der Waals surface area contributed by atoms with Gasteiger partial charge in [-0.2, -0.15) is 13.2 Å². The molecule has 0 spiro atoms. The van der Waals surface area contributed by atoms with Gasteiger partial charge in [0.25, 0.3) is 5.91 Å². The van der Waals surface area contributed by atoms with Crippen LogP contribution in [-0.4, -0.2) is 79.8 Å². The molecule has 2 rings (SSSR count). The van der Waals surface area contributed by atoms with E-state index in [2.05, 4.69) is 15.6 Å². The van der Waals surface area contributed by atoms with Gasteiger partial charge in [0.05, 0.1) is 6.54 Å². The molecule has 1 heterocycles. The van der Waals surface area contributed by atoms with Crippen LogP contribution >= 0.6 is 24.0 Å². The molecule has 1 aromatic carbocycles. The lowest BCUT2D eigenvalue weighted by molar-refractivity contribution is -0.181. The molecule has 0 aliphatic carbocycles. The first-order chi connectivity index (χ1) is 14.7. The molecule has 0 saturated carbocycles. The number of guanidine groups is 1. The number of likely N-dealkylation sites (N-methyl/N-ethyl adjacent to an activating group) is 1. The summed E-state index contributed by atoms with van der Waals surface area (Å²) in [5.74, 6) is 1.08. The monoisotopic (exact) mass is 571 g/mol. The molecule has 1 aliphatic rings. The van der Waals surface area contributed by atoms with Crippen molar-refractivity contribution in [1.82, 2.24) is 20.4 Å². The predicted octanol–water partition coefficient (Wildman–Crippen LogP) is 2.85. The summed E-state index contributed by atoms with van der Waals surface area (Å²) in [4.78, 5) is 19.6. The molecule has 1 fully saturated rings. The van der Waals surface area contributed by atoms with E-state index in [-0.39, 0.29) is 36.5 Å². The number of amides is 1. The van der Waals surface area contributed by atoms with Gasteiger partial charge in [-0.3, -0.25) is 9.69 Å². The highest BCUT2D eigenvalue weighted by molar-refractivity contribution is 14.0. The van der Waals surface area contributed by atoms with Crippen molar-refractivity contribution in [3.63, 3.8) is 0 Å². The van der Waals surface area contributed by atoms with Crippen LogP contribution < -0.4 is 15.4 Å². The van der Waals surface area contributed by atoms with Crippen LogP contribution in [-0.2, 0) is 11.3 Å². The van der Waals surface area contributed by atoms with Gasteiger partial charge in [0, 0.05) is 39.3 Å². The molecule has 2 N–H and O–H groups in total. The molecule has 0 bridgehead atoms. The lowest BCUT2D eigenvalue weighted by Gasteiger charge is -2.39. The fourth-order valence-corrected chi connectivity index (χ4v) is 3.25. The molecule has 1 atom stereocenters.